The Labute approximate surface area is 116 Å². The van der Waals surface area contributed by atoms with Crippen molar-refractivity contribution in [2.45, 2.75) is 53.5 Å². The summed E-state index contributed by atoms with van der Waals surface area (Å²) >= 11 is 0. The van der Waals surface area contributed by atoms with Gasteiger partial charge < -0.3 is 10.5 Å². The lowest BCUT2D eigenvalue weighted by Gasteiger charge is -2.18. The molecular formula is C16H25NO2. The molecule has 0 aliphatic carbocycles. The van der Waals surface area contributed by atoms with Crippen molar-refractivity contribution in [1.82, 2.24) is 0 Å². The van der Waals surface area contributed by atoms with Gasteiger partial charge in [0, 0.05) is 6.04 Å². The Kier molecular flexibility index (Phi) is 5.55. The standard InChI is InChI=1S/C16H25NO2/c1-6-19-16(18)9-14(17)8-15-12(4)10(2)7-11(3)13(15)5/h7,14H,6,8-9,17H2,1-5H3. The summed E-state index contributed by atoms with van der Waals surface area (Å²) < 4.78 is 4.94. The van der Waals surface area contributed by atoms with Gasteiger partial charge in [0.15, 0.2) is 0 Å². The smallest absolute Gasteiger partial charge is 0.307 e. The van der Waals surface area contributed by atoms with E-state index in [9.17, 15) is 4.79 Å². The molecule has 2 N–H and O–H groups in total. The maximum absolute atomic E-state index is 11.4. The maximum atomic E-state index is 11.4. The quantitative estimate of drug-likeness (QED) is 0.831. The first-order valence-corrected chi connectivity index (χ1v) is 6.84. The summed E-state index contributed by atoms with van der Waals surface area (Å²) in [5, 5.41) is 0. The van der Waals surface area contributed by atoms with Crippen LogP contribution in [0.25, 0.3) is 0 Å². The average Bonchev–Trinajstić information content (AvgIpc) is 2.32. The highest BCUT2D eigenvalue weighted by Gasteiger charge is 2.15. The molecule has 0 saturated carbocycles. The zero-order valence-corrected chi connectivity index (χ0v) is 12.7. The van der Waals surface area contributed by atoms with E-state index in [1.54, 1.807) is 0 Å². The number of hydrogen-bond donors (Lipinski definition) is 1. The number of benzene rings is 1. The highest BCUT2D eigenvalue weighted by Crippen LogP contribution is 2.23. The number of rotatable bonds is 5. The summed E-state index contributed by atoms with van der Waals surface area (Å²) in [7, 11) is 0. The molecule has 0 aromatic heterocycles. The fourth-order valence-electron chi connectivity index (χ4n) is 2.37. The molecule has 0 heterocycles. The van der Waals surface area contributed by atoms with Crippen molar-refractivity contribution >= 4 is 5.97 Å². The average molecular weight is 263 g/mol. The van der Waals surface area contributed by atoms with Gasteiger partial charge in [0.05, 0.1) is 13.0 Å². The molecular weight excluding hydrogens is 238 g/mol. The van der Waals surface area contributed by atoms with Crippen LogP contribution < -0.4 is 5.73 Å². The Morgan fingerprint density at radius 1 is 1.21 bits per heavy atom. The molecule has 1 aromatic carbocycles. The summed E-state index contributed by atoms with van der Waals surface area (Å²) in [6, 6.07) is 2.02. The van der Waals surface area contributed by atoms with E-state index in [1.807, 2.05) is 6.92 Å². The first-order chi connectivity index (χ1) is 8.86. The molecule has 0 saturated heterocycles. The lowest BCUT2D eigenvalue weighted by atomic mass is 9.90. The molecule has 0 fully saturated rings. The van der Waals surface area contributed by atoms with E-state index < -0.39 is 0 Å². The van der Waals surface area contributed by atoms with Gasteiger partial charge in [-0.05, 0) is 68.9 Å². The molecule has 0 amide bonds. The van der Waals surface area contributed by atoms with Crippen molar-refractivity contribution < 1.29 is 9.53 Å². The Balaban J connectivity index is 2.85. The molecule has 19 heavy (non-hydrogen) atoms. The third kappa shape index (κ3) is 4.06. The van der Waals surface area contributed by atoms with Gasteiger partial charge in [-0.25, -0.2) is 0 Å². The van der Waals surface area contributed by atoms with E-state index in [2.05, 4.69) is 33.8 Å². The largest absolute Gasteiger partial charge is 0.466 e. The van der Waals surface area contributed by atoms with Gasteiger partial charge in [0.25, 0.3) is 0 Å². The van der Waals surface area contributed by atoms with Gasteiger partial charge in [0.1, 0.15) is 0 Å². The Hall–Kier alpha value is -1.35. The third-order valence-corrected chi connectivity index (χ3v) is 3.72. The van der Waals surface area contributed by atoms with Crippen LogP contribution >= 0.6 is 0 Å². The number of esters is 1. The van der Waals surface area contributed by atoms with E-state index in [0.29, 0.717) is 6.61 Å². The second kappa shape index (κ2) is 6.71. The molecule has 0 radical (unpaired) electrons. The molecule has 0 spiro atoms. The van der Waals surface area contributed by atoms with Crippen molar-refractivity contribution in [1.29, 1.82) is 0 Å². The van der Waals surface area contributed by atoms with Crippen LogP contribution in [-0.4, -0.2) is 18.6 Å². The molecule has 3 heteroatoms. The number of carbonyl (C=O) groups excluding carboxylic acids is 1. The Morgan fingerprint density at radius 3 is 2.21 bits per heavy atom. The van der Waals surface area contributed by atoms with Crippen molar-refractivity contribution in [3.8, 4) is 0 Å². The summed E-state index contributed by atoms with van der Waals surface area (Å²) in [6.07, 6.45) is 0.999. The van der Waals surface area contributed by atoms with E-state index in [-0.39, 0.29) is 18.4 Å². The maximum Gasteiger partial charge on any atom is 0.307 e. The van der Waals surface area contributed by atoms with Gasteiger partial charge in [-0.1, -0.05) is 6.07 Å². The van der Waals surface area contributed by atoms with Crippen LogP contribution in [0.3, 0.4) is 0 Å². The number of nitrogens with two attached hydrogens (primary N) is 1. The molecule has 106 valence electrons. The molecule has 1 atom stereocenters. The molecule has 0 aliphatic rings. The van der Waals surface area contributed by atoms with Gasteiger partial charge in [-0.3, -0.25) is 4.79 Å². The van der Waals surface area contributed by atoms with Crippen molar-refractivity contribution in [2.24, 2.45) is 5.73 Å². The van der Waals surface area contributed by atoms with Gasteiger partial charge in [-0.2, -0.15) is 0 Å². The fraction of sp³-hybridized carbons (Fsp3) is 0.562. The van der Waals surface area contributed by atoms with Crippen LogP contribution in [0.4, 0.5) is 0 Å². The summed E-state index contributed by atoms with van der Waals surface area (Å²) in [4.78, 5) is 11.4. The highest BCUT2D eigenvalue weighted by molar-refractivity contribution is 5.70. The van der Waals surface area contributed by atoms with Crippen LogP contribution in [0, 0.1) is 27.7 Å². The van der Waals surface area contributed by atoms with Crippen molar-refractivity contribution in [3.05, 3.63) is 33.9 Å². The van der Waals surface area contributed by atoms with Gasteiger partial charge in [-0.15, -0.1) is 0 Å². The third-order valence-electron chi connectivity index (χ3n) is 3.72. The Bertz CT molecular complexity index is 440. The fourth-order valence-corrected chi connectivity index (χ4v) is 2.37. The number of aryl methyl sites for hydroxylation is 2. The number of hydrogen-bond acceptors (Lipinski definition) is 3. The van der Waals surface area contributed by atoms with Crippen LogP contribution in [-0.2, 0) is 16.0 Å². The first-order valence-electron chi connectivity index (χ1n) is 6.84. The molecule has 0 aliphatic heterocycles. The molecule has 3 nitrogen and oxygen atoms in total. The van der Waals surface area contributed by atoms with Crippen LogP contribution in [0.5, 0.6) is 0 Å². The van der Waals surface area contributed by atoms with E-state index in [1.165, 1.54) is 27.8 Å². The SMILES string of the molecule is CCOC(=O)CC(N)Cc1c(C)c(C)cc(C)c1C. The summed E-state index contributed by atoms with van der Waals surface area (Å²) in [5.41, 5.74) is 12.5. The summed E-state index contributed by atoms with van der Waals surface area (Å²) in [6.45, 7) is 10.7. The van der Waals surface area contributed by atoms with Gasteiger partial charge in [0.2, 0.25) is 0 Å². The van der Waals surface area contributed by atoms with Crippen LogP contribution in [0.1, 0.15) is 41.2 Å². The summed E-state index contributed by atoms with van der Waals surface area (Å²) in [5.74, 6) is -0.213. The first kappa shape index (κ1) is 15.7. The van der Waals surface area contributed by atoms with Crippen molar-refractivity contribution in [3.63, 3.8) is 0 Å². The predicted octanol–water partition coefficient (Wildman–Crippen LogP) is 2.74. The number of ether oxygens (including phenoxy) is 1. The minimum Gasteiger partial charge on any atom is -0.466 e. The highest BCUT2D eigenvalue weighted by atomic mass is 16.5. The number of carbonyl (C=O) groups is 1. The zero-order chi connectivity index (χ0) is 14.6. The second-order valence-electron chi connectivity index (χ2n) is 5.21. The van der Waals surface area contributed by atoms with Crippen LogP contribution in [0.15, 0.2) is 6.07 Å². The van der Waals surface area contributed by atoms with Gasteiger partial charge >= 0.3 is 5.97 Å². The molecule has 1 rings (SSSR count). The van der Waals surface area contributed by atoms with E-state index in [0.717, 1.165) is 6.42 Å². The zero-order valence-electron chi connectivity index (χ0n) is 12.7. The minimum atomic E-state index is -0.213. The van der Waals surface area contributed by atoms with E-state index in [4.69, 9.17) is 10.5 Å². The molecule has 1 aromatic rings. The second-order valence-corrected chi connectivity index (χ2v) is 5.21. The lowest BCUT2D eigenvalue weighted by Crippen LogP contribution is -2.28. The van der Waals surface area contributed by atoms with Crippen molar-refractivity contribution in [2.75, 3.05) is 6.61 Å². The lowest BCUT2D eigenvalue weighted by molar-refractivity contribution is -0.143. The Morgan fingerprint density at radius 2 is 1.74 bits per heavy atom. The normalized spacial score (nSPS) is 12.3. The molecule has 1 unspecified atom stereocenters. The molecule has 0 bridgehead atoms. The van der Waals surface area contributed by atoms with Crippen LogP contribution in [0.2, 0.25) is 0 Å². The predicted molar refractivity (Wildman–Crippen MR) is 78.3 cm³/mol. The van der Waals surface area contributed by atoms with E-state index >= 15 is 0 Å². The monoisotopic (exact) mass is 263 g/mol. The topological polar surface area (TPSA) is 52.3 Å². The minimum absolute atomic E-state index is 0.183.